The van der Waals surface area contributed by atoms with Gasteiger partial charge in [-0.3, -0.25) is 0 Å². The van der Waals surface area contributed by atoms with E-state index in [0.717, 1.165) is 12.8 Å². The molecule has 1 fully saturated rings. The summed E-state index contributed by atoms with van der Waals surface area (Å²) in [6, 6.07) is 3.61. The molecule has 1 aliphatic rings. The van der Waals surface area contributed by atoms with E-state index >= 15 is 0 Å². The van der Waals surface area contributed by atoms with Crippen LogP contribution in [0.25, 0.3) is 0 Å². The van der Waals surface area contributed by atoms with Crippen LogP contribution in [-0.4, -0.2) is 11.1 Å². The van der Waals surface area contributed by atoms with E-state index in [1.54, 1.807) is 6.07 Å². The van der Waals surface area contributed by atoms with Crippen LogP contribution >= 0.6 is 0 Å². The predicted molar refractivity (Wildman–Crippen MR) is 47.0 cm³/mol. The topological polar surface area (TPSA) is 71.9 Å². The molecule has 0 spiro atoms. The Morgan fingerprint density at radius 2 is 2.38 bits per heavy atom. The summed E-state index contributed by atoms with van der Waals surface area (Å²) in [5, 5.41) is 8.71. The lowest BCUT2D eigenvalue weighted by atomic mass is 10.3. The molecule has 0 amide bonds. The number of nitrogens with two attached hydrogens (primary N) is 1. The molecular weight excluding hydrogens is 166 g/mol. The molecule has 0 bridgehead atoms. The third-order valence-corrected chi connectivity index (χ3v) is 1.80. The Hall–Kier alpha value is -1.76. The fourth-order valence-electron chi connectivity index (χ4n) is 0.999. The Labute approximate surface area is 76.0 Å². The number of ether oxygens (including phenoxy) is 1. The number of nitrogen functional groups attached to an aromatic ring is 1. The SMILES string of the molecule is N#Cc1ncc(N)cc1OC1CC1. The normalized spacial score (nSPS) is 15.0. The first kappa shape index (κ1) is 7.87. The minimum Gasteiger partial charge on any atom is -0.487 e. The molecular formula is C9H9N3O. The van der Waals surface area contributed by atoms with Gasteiger partial charge >= 0.3 is 0 Å². The summed E-state index contributed by atoms with van der Waals surface area (Å²) in [4.78, 5) is 3.87. The number of anilines is 1. The molecule has 2 rings (SSSR count). The number of hydrogen-bond donors (Lipinski definition) is 1. The molecule has 4 nitrogen and oxygen atoms in total. The van der Waals surface area contributed by atoms with E-state index in [1.807, 2.05) is 6.07 Å². The first-order valence-electron chi connectivity index (χ1n) is 4.12. The first-order valence-corrected chi connectivity index (χ1v) is 4.12. The van der Waals surface area contributed by atoms with Crippen molar-refractivity contribution in [2.24, 2.45) is 0 Å². The number of aromatic nitrogens is 1. The third-order valence-electron chi connectivity index (χ3n) is 1.80. The van der Waals surface area contributed by atoms with Crippen molar-refractivity contribution in [3.8, 4) is 11.8 Å². The van der Waals surface area contributed by atoms with Gasteiger partial charge < -0.3 is 10.5 Å². The van der Waals surface area contributed by atoms with Crippen LogP contribution in [0.3, 0.4) is 0 Å². The highest BCUT2D eigenvalue weighted by molar-refractivity contribution is 5.48. The van der Waals surface area contributed by atoms with E-state index in [0.29, 0.717) is 17.1 Å². The lowest BCUT2D eigenvalue weighted by molar-refractivity contribution is 0.301. The average Bonchev–Trinajstić information content (AvgIpc) is 2.89. The molecule has 1 saturated carbocycles. The molecule has 0 unspecified atom stereocenters. The lowest BCUT2D eigenvalue weighted by Gasteiger charge is -2.05. The lowest BCUT2D eigenvalue weighted by Crippen LogP contribution is -2.00. The van der Waals surface area contributed by atoms with Crippen molar-refractivity contribution >= 4 is 5.69 Å². The molecule has 1 aromatic heterocycles. The van der Waals surface area contributed by atoms with E-state index in [1.165, 1.54) is 6.20 Å². The second kappa shape index (κ2) is 2.94. The number of pyridine rings is 1. The molecule has 13 heavy (non-hydrogen) atoms. The highest BCUT2D eigenvalue weighted by Crippen LogP contribution is 2.28. The predicted octanol–water partition coefficient (Wildman–Crippen LogP) is 1.08. The summed E-state index contributed by atoms with van der Waals surface area (Å²) in [6.45, 7) is 0. The zero-order chi connectivity index (χ0) is 9.26. The highest BCUT2D eigenvalue weighted by Gasteiger charge is 2.24. The van der Waals surface area contributed by atoms with Crippen molar-refractivity contribution in [2.45, 2.75) is 18.9 Å². The minimum atomic E-state index is 0.260. The van der Waals surface area contributed by atoms with Gasteiger partial charge in [-0.15, -0.1) is 0 Å². The van der Waals surface area contributed by atoms with Crippen LogP contribution in [0.15, 0.2) is 12.3 Å². The van der Waals surface area contributed by atoms with Crippen molar-refractivity contribution < 1.29 is 4.74 Å². The number of nitriles is 1. The Morgan fingerprint density at radius 3 is 3.00 bits per heavy atom. The Morgan fingerprint density at radius 1 is 1.62 bits per heavy atom. The van der Waals surface area contributed by atoms with Crippen LogP contribution in [0.1, 0.15) is 18.5 Å². The van der Waals surface area contributed by atoms with Crippen molar-refractivity contribution in [3.05, 3.63) is 18.0 Å². The van der Waals surface area contributed by atoms with Crippen LogP contribution in [0, 0.1) is 11.3 Å². The molecule has 2 N–H and O–H groups in total. The fourth-order valence-corrected chi connectivity index (χ4v) is 0.999. The molecule has 0 saturated heterocycles. The van der Waals surface area contributed by atoms with Crippen LogP contribution in [0.4, 0.5) is 5.69 Å². The Kier molecular flexibility index (Phi) is 1.78. The molecule has 1 heterocycles. The van der Waals surface area contributed by atoms with Gasteiger partial charge in [0, 0.05) is 6.07 Å². The summed E-state index contributed by atoms with van der Waals surface area (Å²) in [5.41, 5.74) is 6.36. The first-order chi connectivity index (χ1) is 6.29. The molecule has 0 aromatic carbocycles. The second-order valence-electron chi connectivity index (χ2n) is 3.04. The van der Waals surface area contributed by atoms with E-state index in [-0.39, 0.29) is 6.10 Å². The smallest absolute Gasteiger partial charge is 0.182 e. The van der Waals surface area contributed by atoms with E-state index < -0.39 is 0 Å². The monoisotopic (exact) mass is 175 g/mol. The van der Waals surface area contributed by atoms with Crippen LogP contribution < -0.4 is 10.5 Å². The average molecular weight is 175 g/mol. The molecule has 1 aromatic rings. The van der Waals surface area contributed by atoms with Gasteiger partial charge in [-0.25, -0.2) is 4.98 Å². The summed E-state index contributed by atoms with van der Waals surface area (Å²) in [5.74, 6) is 0.505. The van der Waals surface area contributed by atoms with Gasteiger partial charge in [-0.1, -0.05) is 0 Å². The molecule has 0 atom stereocenters. The summed E-state index contributed by atoms with van der Waals surface area (Å²) < 4.78 is 5.46. The molecule has 66 valence electrons. The number of nitrogens with zero attached hydrogens (tertiary/aromatic N) is 2. The minimum absolute atomic E-state index is 0.260. The van der Waals surface area contributed by atoms with Crippen LogP contribution in [0.2, 0.25) is 0 Å². The van der Waals surface area contributed by atoms with Crippen molar-refractivity contribution in [2.75, 3.05) is 5.73 Å². The van der Waals surface area contributed by atoms with E-state index in [9.17, 15) is 0 Å². The summed E-state index contributed by atoms with van der Waals surface area (Å²) >= 11 is 0. The maximum atomic E-state index is 8.71. The standard InChI is InChI=1S/C9H9N3O/c10-4-8-9(13-7-1-2-7)3-6(11)5-12-8/h3,5,7H,1-2,11H2. The van der Waals surface area contributed by atoms with Crippen molar-refractivity contribution in [1.29, 1.82) is 5.26 Å². The van der Waals surface area contributed by atoms with Crippen LogP contribution in [-0.2, 0) is 0 Å². The maximum Gasteiger partial charge on any atom is 0.182 e. The summed E-state index contributed by atoms with van der Waals surface area (Å²) in [7, 11) is 0. The maximum absolute atomic E-state index is 8.71. The summed E-state index contributed by atoms with van der Waals surface area (Å²) in [6.07, 6.45) is 3.83. The van der Waals surface area contributed by atoms with Gasteiger partial charge in [0.25, 0.3) is 0 Å². The van der Waals surface area contributed by atoms with Crippen molar-refractivity contribution in [3.63, 3.8) is 0 Å². The van der Waals surface area contributed by atoms with Gasteiger partial charge in [0.1, 0.15) is 6.07 Å². The quantitative estimate of drug-likeness (QED) is 0.729. The van der Waals surface area contributed by atoms with Gasteiger partial charge in [-0.2, -0.15) is 5.26 Å². The molecule has 0 aliphatic heterocycles. The molecule has 1 aliphatic carbocycles. The van der Waals surface area contributed by atoms with Crippen LogP contribution in [0.5, 0.6) is 5.75 Å². The zero-order valence-electron chi connectivity index (χ0n) is 7.03. The van der Waals surface area contributed by atoms with E-state index in [4.69, 9.17) is 15.7 Å². The largest absolute Gasteiger partial charge is 0.487 e. The van der Waals surface area contributed by atoms with Gasteiger partial charge in [0.15, 0.2) is 11.4 Å². The molecule has 4 heteroatoms. The number of rotatable bonds is 2. The van der Waals surface area contributed by atoms with Gasteiger partial charge in [0.05, 0.1) is 18.0 Å². The van der Waals surface area contributed by atoms with E-state index in [2.05, 4.69) is 4.98 Å². The second-order valence-corrected chi connectivity index (χ2v) is 3.04. The van der Waals surface area contributed by atoms with Gasteiger partial charge in [0.2, 0.25) is 0 Å². The van der Waals surface area contributed by atoms with Gasteiger partial charge in [-0.05, 0) is 12.8 Å². The Balaban J connectivity index is 2.29. The Bertz CT molecular complexity index is 366. The highest BCUT2D eigenvalue weighted by atomic mass is 16.5. The number of hydrogen-bond acceptors (Lipinski definition) is 4. The fraction of sp³-hybridized carbons (Fsp3) is 0.333. The van der Waals surface area contributed by atoms with Crippen molar-refractivity contribution in [1.82, 2.24) is 4.98 Å². The molecule has 0 radical (unpaired) electrons. The third kappa shape index (κ3) is 1.70. The zero-order valence-corrected chi connectivity index (χ0v) is 7.03.